The van der Waals surface area contributed by atoms with Crippen LogP contribution < -0.4 is 0 Å². The van der Waals surface area contributed by atoms with Crippen molar-refractivity contribution in [3.8, 4) is 5.69 Å². The fourth-order valence-electron chi connectivity index (χ4n) is 1.51. The van der Waals surface area contributed by atoms with Gasteiger partial charge in [-0.1, -0.05) is 17.7 Å². The van der Waals surface area contributed by atoms with Crippen LogP contribution in [-0.4, -0.2) is 34.7 Å². The van der Waals surface area contributed by atoms with E-state index in [1.165, 1.54) is 11.1 Å². The topological polar surface area (TPSA) is 38.1 Å². The van der Waals surface area contributed by atoms with Gasteiger partial charge in [-0.05, 0) is 34.1 Å². The Labute approximate surface area is 118 Å². The fraction of sp³-hybridized carbons (Fsp3) is 0.167. The van der Waals surface area contributed by atoms with Crippen LogP contribution in [0.15, 0.2) is 35.1 Å². The second-order valence-corrected chi connectivity index (χ2v) is 5.13. The zero-order chi connectivity index (χ0) is 13.3. The van der Waals surface area contributed by atoms with Crippen LogP contribution in [0, 0.1) is 0 Å². The Morgan fingerprint density at radius 2 is 2.17 bits per heavy atom. The third-order valence-electron chi connectivity index (χ3n) is 2.40. The molecule has 1 amide bonds. The van der Waals surface area contributed by atoms with Gasteiger partial charge < -0.3 is 4.90 Å². The molecule has 6 heteroatoms. The van der Waals surface area contributed by atoms with Gasteiger partial charge in [0.2, 0.25) is 0 Å². The van der Waals surface area contributed by atoms with Crippen LogP contribution >= 0.6 is 27.5 Å². The lowest BCUT2D eigenvalue weighted by Crippen LogP contribution is -2.21. The van der Waals surface area contributed by atoms with E-state index in [4.69, 9.17) is 11.6 Å². The number of hydrogen-bond acceptors (Lipinski definition) is 2. The van der Waals surface area contributed by atoms with E-state index in [9.17, 15) is 4.79 Å². The summed E-state index contributed by atoms with van der Waals surface area (Å²) in [5.74, 6) is -0.102. The average Bonchev–Trinajstić information content (AvgIpc) is 2.70. The lowest BCUT2D eigenvalue weighted by atomic mass is 10.3. The predicted octanol–water partition coefficient (Wildman–Crippen LogP) is 2.99. The molecule has 0 N–H and O–H groups in total. The summed E-state index contributed by atoms with van der Waals surface area (Å²) in [6.45, 7) is 0. The largest absolute Gasteiger partial charge is 0.345 e. The molecule has 0 aliphatic carbocycles. The van der Waals surface area contributed by atoms with Gasteiger partial charge in [-0.15, -0.1) is 0 Å². The van der Waals surface area contributed by atoms with E-state index in [-0.39, 0.29) is 5.91 Å². The Balaban J connectivity index is 2.46. The highest BCUT2D eigenvalue weighted by molar-refractivity contribution is 9.10. The zero-order valence-corrected chi connectivity index (χ0v) is 12.2. The van der Waals surface area contributed by atoms with Crippen molar-refractivity contribution in [2.45, 2.75) is 0 Å². The second kappa shape index (κ2) is 5.12. The maximum atomic E-state index is 11.9. The summed E-state index contributed by atoms with van der Waals surface area (Å²) in [5, 5.41) is 4.81. The summed E-state index contributed by atoms with van der Waals surface area (Å²) in [6.07, 6.45) is 1.54. The van der Waals surface area contributed by atoms with Gasteiger partial charge in [0.1, 0.15) is 4.60 Å². The molecule has 0 aliphatic rings. The molecular formula is C12H11BrClN3O. The Morgan fingerprint density at radius 3 is 2.78 bits per heavy atom. The molecule has 0 unspecified atom stereocenters. The summed E-state index contributed by atoms with van der Waals surface area (Å²) in [5.41, 5.74) is 1.31. The number of nitrogens with zero attached hydrogens (tertiary/aromatic N) is 3. The number of hydrogen-bond donors (Lipinski definition) is 0. The normalized spacial score (nSPS) is 10.4. The van der Waals surface area contributed by atoms with Crippen molar-refractivity contribution in [2.75, 3.05) is 14.1 Å². The fourth-order valence-corrected chi connectivity index (χ4v) is 2.26. The molecule has 0 atom stereocenters. The highest BCUT2D eigenvalue weighted by atomic mass is 79.9. The van der Waals surface area contributed by atoms with E-state index in [0.29, 0.717) is 15.2 Å². The Morgan fingerprint density at radius 1 is 1.44 bits per heavy atom. The quantitative estimate of drug-likeness (QED) is 0.850. The first-order valence-electron chi connectivity index (χ1n) is 5.22. The molecule has 0 radical (unpaired) electrons. The minimum Gasteiger partial charge on any atom is -0.345 e. The van der Waals surface area contributed by atoms with Gasteiger partial charge in [0, 0.05) is 19.1 Å². The van der Waals surface area contributed by atoms with Crippen LogP contribution in [0.1, 0.15) is 10.4 Å². The molecule has 0 saturated carbocycles. The second-order valence-electron chi connectivity index (χ2n) is 3.94. The summed E-state index contributed by atoms with van der Waals surface area (Å²) in [6, 6.07) is 7.27. The summed E-state index contributed by atoms with van der Waals surface area (Å²) < 4.78 is 2.24. The van der Waals surface area contributed by atoms with Crippen molar-refractivity contribution >= 4 is 33.4 Å². The molecule has 1 aromatic heterocycles. The van der Waals surface area contributed by atoms with E-state index in [2.05, 4.69) is 21.0 Å². The highest BCUT2D eigenvalue weighted by Gasteiger charge is 2.17. The summed E-state index contributed by atoms with van der Waals surface area (Å²) >= 11 is 9.33. The lowest BCUT2D eigenvalue weighted by Gasteiger charge is -2.09. The standard InChI is InChI=1S/C12H11BrClN3O/c1-16(2)12(18)10-7-15-17(11(10)13)9-5-3-4-8(14)6-9/h3-7H,1-2H3. The van der Waals surface area contributed by atoms with Gasteiger partial charge in [0.15, 0.2) is 0 Å². The molecule has 0 fully saturated rings. The minimum absolute atomic E-state index is 0.102. The molecule has 0 aliphatic heterocycles. The van der Waals surface area contributed by atoms with E-state index >= 15 is 0 Å². The molecule has 2 aromatic rings. The first kappa shape index (κ1) is 13.1. The number of carbonyl (C=O) groups is 1. The van der Waals surface area contributed by atoms with Crippen molar-refractivity contribution in [3.63, 3.8) is 0 Å². The van der Waals surface area contributed by atoms with Gasteiger partial charge in [-0.25, -0.2) is 4.68 Å². The van der Waals surface area contributed by atoms with Crippen LogP contribution in [0.25, 0.3) is 5.69 Å². The number of amides is 1. The SMILES string of the molecule is CN(C)C(=O)c1cnn(-c2cccc(Cl)c2)c1Br. The molecule has 18 heavy (non-hydrogen) atoms. The minimum atomic E-state index is -0.102. The van der Waals surface area contributed by atoms with Crippen molar-refractivity contribution < 1.29 is 4.79 Å². The van der Waals surface area contributed by atoms with Gasteiger partial charge in [0.05, 0.1) is 17.4 Å². The summed E-state index contributed by atoms with van der Waals surface area (Å²) in [7, 11) is 3.40. The number of aromatic nitrogens is 2. The number of rotatable bonds is 2. The van der Waals surface area contributed by atoms with E-state index in [1.54, 1.807) is 30.9 Å². The van der Waals surface area contributed by atoms with Crippen LogP contribution in [-0.2, 0) is 0 Å². The first-order chi connectivity index (χ1) is 8.50. The maximum absolute atomic E-state index is 11.9. The summed E-state index contributed by atoms with van der Waals surface area (Å²) in [4.78, 5) is 13.4. The van der Waals surface area contributed by atoms with E-state index in [0.717, 1.165) is 5.69 Å². The molecule has 1 aromatic carbocycles. The number of halogens is 2. The van der Waals surface area contributed by atoms with Gasteiger partial charge in [-0.2, -0.15) is 5.10 Å². The average molecular weight is 329 g/mol. The molecule has 4 nitrogen and oxygen atoms in total. The number of carbonyl (C=O) groups excluding carboxylic acids is 1. The molecule has 1 heterocycles. The highest BCUT2D eigenvalue weighted by Crippen LogP contribution is 2.23. The molecular weight excluding hydrogens is 318 g/mol. The van der Waals surface area contributed by atoms with Gasteiger partial charge in [0.25, 0.3) is 5.91 Å². The van der Waals surface area contributed by atoms with Crippen molar-refractivity contribution in [3.05, 3.63) is 45.7 Å². The first-order valence-corrected chi connectivity index (χ1v) is 6.39. The van der Waals surface area contributed by atoms with Gasteiger partial charge >= 0.3 is 0 Å². The third kappa shape index (κ3) is 2.42. The smallest absolute Gasteiger partial charge is 0.257 e. The molecule has 94 valence electrons. The van der Waals surface area contributed by atoms with Gasteiger partial charge in [-0.3, -0.25) is 4.79 Å². The van der Waals surface area contributed by atoms with E-state index < -0.39 is 0 Å². The van der Waals surface area contributed by atoms with Crippen LogP contribution in [0.5, 0.6) is 0 Å². The van der Waals surface area contributed by atoms with Crippen molar-refractivity contribution in [1.82, 2.24) is 14.7 Å². The Bertz CT molecular complexity index is 595. The Hall–Kier alpha value is -1.33. The number of benzene rings is 1. The molecule has 0 saturated heterocycles. The van der Waals surface area contributed by atoms with E-state index in [1.807, 2.05) is 12.1 Å². The predicted molar refractivity (Wildman–Crippen MR) is 74.3 cm³/mol. The monoisotopic (exact) mass is 327 g/mol. The zero-order valence-electron chi connectivity index (χ0n) is 9.89. The van der Waals surface area contributed by atoms with Crippen LogP contribution in [0.3, 0.4) is 0 Å². The van der Waals surface area contributed by atoms with Crippen molar-refractivity contribution in [1.29, 1.82) is 0 Å². The molecule has 0 spiro atoms. The lowest BCUT2D eigenvalue weighted by molar-refractivity contribution is 0.0826. The maximum Gasteiger partial charge on any atom is 0.257 e. The van der Waals surface area contributed by atoms with Crippen LogP contribution in [0.4, 0.5) is 0 Å². The molecule has 0 bridgehead atoms. The molecule has 2 rings (SSSR count). The third-order valence-corrected chi connectivity index (χ3v) is 3.40. The van der Waals surface area contributed by atoms with Crippen LogP contribution in [0.2, 0.25) is 5.02 Å². The Kier molecular flexibility index (Phi) is 3.73. The van der Waals surface area contributed by atoms with Crippen molar-refractivity contribution in [2.24, 2.45) is 0 Å².